The number of hydrogen-bond donors (Lipinski definition) is 3. The Bertz CT molecular complexity index is 1140. The zero-order valence-electron chi connectivity index (χ0n) is 18.6. The van der Waals surface area contributed by atoms with Gasteiger partial charge in [-0.3, -0.25) is 9.78 Å². The van der Waals surface area contributed by atoms with Crippen molar-refractivity contribution in [3.8, 4) is 5.75 Å². The van der Waals surface area contributed by atoms with Crippen molar-refractivity contribution in [2.75, 3.05) is 17.3 Å². The average molecular weight is 450 g/mol. The number of methoxy groups -OCH3 is 1. The number of H-pyrrole nitrogens is 1. The summed E-state index contributed by atoms with van der Waals surface area (Å²) in [6, 6.07) is 13.5. The van der Waals surface area contributed by atoms with Gasteiger partial charge in [0.2, 0.25) is 5.91 Å². The highest BCUT2D eigenvalue weighted by Crippen LogP contribution is 2.44. The van der Waals surface area contributed by atoms with Gasteiger partial charge in [0.05, 0.1) is 30.6 Å². The number of nitrogens with zero attached hydrogens (tertiary/aromatic N) is 2. The molecule has 0 bridgehead atoms. The topological polar surface area (TPSA) is 82.3 Å². The molecule has 3 heterocycles. The minimum atomic E-state index is -0.122. The number of anilines is 2. The number of hydrogen-bond acceptors (Lipinski definition) is 4. The van der Waals surface area contributed by atoms with Gasteiger partial charge in [-0.15, -0.1) is 0 Å². The molecule has 32 heavy (non-hydrogen) atoms. The van der Waals surface area contributed by atoms with Crippen LogP contribution in [-0.4, -0.2) is 28.1 Å². The van der Waals surface area contributed by atoms with E-state index in [1.807, 2.05) is 50.2 Å². The maximum atomic E-state index is 11.9. The number of aromatic nitrogens is 2. The van der Waals surface area contributed by atoms with Crippen LogP contribution >= 0.6 is 12.2 Å². The lowest BCUT2D eigenvalue weighted by atomic mass is 9.96. The Morgan fingerprint density at radius 1 is 1.25 bits per heavy atom. The van der Waals surface area contributed by atoms with Crippen molar-refractivity contribution in [3.63, 3.8) is 0 Å². The molecule has 1 fully saturated rings. The second-order valence-electron chi connectivity index (χ2n) is 7.82. The van der Waals surface area contributed by atoms with Crippen LogP contribution in [-0.2, 0) is 4.79 Å². The van der Waals surface area contributed by atoms with E-state index in [1.165, 1.54) is 0 Å². The number of aromatic amines is 1. The van der Waals surface area contributed by atoms with Crippen molar-refractivity contribution in [3.05, 3.63) is 71.3 Å². The van der Waals surface area contributed by atoms with Gasteiger partial charge in [0.1, 0.15) is 5.75 Å². The predicted octanol–water partition coefficient (Wildman–Crippen LogP) is 4.56. The summed E-state index contributed by atoms with van der Waals surface area (Å²) >= 11 is 5.79. The van der Waals surface area contributed by atoms with E-state index in [1.54, 1.807) is 13.3 Å². The fourth-order valence-electron chi connectivity index (χ4n) is 4.17. The number of ether oxygens (including phenoxy) is 1. The first-order valence-corrected chi connectivity index (χ1v) is 11.0. The highest BCUT2D eigenvalue weighted by Gasteiger charge is 2.42. The number of rotatable bonds is 6. The van der Waals surface area contributed by atoms with Crippen LogP contribution in [0.2, 0.25) is 0 Å². The Hall–Kier alpha value is -3.39. The lowest BCUT2D eigenvalue weighted by molar-refractivity contribution is -0.115. The molecule has 8 heteroatoms. The summed E-state index contributed by atoms with van der Waals surface area (Å²) in [7, 11) is 1.59. The largest absolute Gasteiger partial charge is 0.494 e. The van der Waals surface area contributed by atoms with Crippen LogP contribution in [0.5, 0.6) is 5.75 Å². The molecule has 7 nitrogen and oxygen atoms in total. The molecule has 0 unspecified atom stereocenters. The van der Waals surface area contributed by atoms with Gasteiger partial charge in [0.15, 0.2) is 5.11 Å². The van der Waals surface area contributed by atoms with E-state index in [0.29, 0.717) is 23.0 Å². The number of pyridine rings is 1. The number of amides is 1. The molecule has 1 amide bonds. The summed E-state index contributed by atoms with van der Waals surface area (Å²) in [5.74, 6) is 0.509. The number of aryl methyl sites for hydroxylation is 2. The van der Waals surface area contributed by atoms with Crippen molar-refractivity contribution in [1.29, 1.82) is 0 Å². The number of carbonyl (C=O) groups excluding carboxylic acids is 1. The minimum Gasteiger partial charge on any atom is -0.494 e. The first-order valence-electron chi connectivity index (χ1n) is 10.6. The SMILES string of the molecule is CCC(=O)Nc1ccc(N2C(=S)N[C@H](c3ccccn3)[C@H]2c2cc(C)[nH]c2C)cc1OC. The van der Waals surface area contributed by atoms with Gasteiger partial charge in [-0.1, -0.05) is 13.0 Å². The predicted molar refractivity (Wildman–Crippen MR) is 130 cm³/mol. The van der Waals surface area contributed by atoms with Gasteiger partial charge in [-0.25, -0.2) is 0 Å². The third-order valence-corrected chi connectivity index (χ3v) is 5.98. The second-order valence-corrected chi connectivity index (χ2v) is 8.20. The van der Waals surface area contributed by atoms with E-state index in [2.05, 4.69) is 38.5 Å². The average Bonchev–Trinajstić information content (AvgIpc) is 3.32. The Kier molecular flexibility index (Phi) is 6.14. The Labute approximate surface area is 193 Å². The molecule has 166 valence electrons. The van der Waals surface area contributed by atoms with E-state index >= 15 is 0 Å². The van der Waals surface area contributed by atoms with Crippen LogP contribution in [0.4, 0.5) is 11.4 Å². The molecule has 0 saturated carbocycles. The molecule has 2 atom stereocenters. The molecular weight excluding hydrogens is 422 g/mol. The zero-order chi connectivity index (χ0) is 22.8. The molecule has 2 aromatic heterocycles. The van der Waals surface area contributed by atoms with Gasteiger partial charge in [-0.05, 0) is 62.0 Å². The Morgan fingerprint density at radius 3 is 2.69 bits per heavy atom. The Balaban J connectivity index is 1.80. The summed E-state index contributed by atoms with van der Waals surface area (Å²) in [6.45, 7) is 5.93. The molecule has 0 radical (unpaired) electrons. The molecule has 0 spiro atoms. The molecule has 3 aromatic rings. The first-order chi connectivity index (χ1) is 15.4. The van der Waals surface area contributed by atoms with Crippen molar-refractivity contribution in [2.24, 2.45) is 0 Å². The quantitative estimate of drug-likeness (QED) is 0.479. The Morgan fingerprint density at radius 2 is 2.06 bits per heavy atom. The summed E-state index contributed by atoms with van der Waals surface area (Å²) in [5, 5.41) is 6.96. The number of carbonyl (C=O) groups is 1. The zero-order valence-corrected chi connectivity index (χ0v) is 19.4. The van der Waals surface area contributed by atoms with Crippen LogP contribution in [0, 0.1) is 13.8 Å². The normalized spacial score (nSPS) is 17.9. The number of thiocarbonyl (C=S) groups is 1. The fraction of sp³-hybridized carbons (Fsp3) is 0.292. The fourth-order valence-corrected chi connectivity index (χ4v) is 4.52. The minimum absolute atomic E-state index is 0.0686. The van der Waals surface area contributed by atoms with E-state index in [9.17, 15) is 4.79 Å². The first kappa shape index (κ1) is 21.8. The van der Waals surface area contributed by atoms with E-state index < -0.39 is 0 Å². The summed E-state index contributed by atoms with van der Waals surface area (Å²) in [4.78, 5) is 22.0. The number of benzene rings is 1. The molecule has 1 aliphatic rings. The molecule has 1 aliphatic heterocycles. The van der Waals surface area contributed by atoms with Crippen molar-refractivity contribution >= 4 is 34.6 Å². The highest BCUT2D eigenvalue weighted by molar-refractivity contribution is 7.80. The lowest BCUT2D eigenvalue weighted by Gasteiger charge is -2.28. The molecule has 3 N–H and O–H groups in total. The van der Waals surface area contributed by atoms with Crippen LogP contribution < -0.4 is 20.3 Å². The van der Waals surface area contributed by atoms with Gasteiger partial charge in [0.25, 0.3) is 0 Å². The van der Waals surface area contributed by atoms with E-state index in [0.717, 1.165) is 28.3 Å². The monoisotopic (exact) mass is 449 g/mol. The van der Waals surface area contributed by atoms with Crippen LogP contribution in [0.15, 0.2) is 48.7 Å². The lowest BCUT2D eigenvalue weighted by Crippen LogP contribution is -2.29. The smallest absolute Gasteiger partial charge is 0.224 e. The second kappa shape index (κ2) is 9.00. The third kappa shape index (κ3) is 4.05. The third-order valence-electron chi connectivity index (χ3n) is 5.66. The van der Waals surface area contributed by atoms with Crippen LogP contribution in [0.1, 0.15) is 48.1 Å². The van der Waals surface area contributed by atoms with Crippen molar-refractivity contribution < 1.29 is 9.53 Å². The van der Waals surface area contributed by atoms with Gasteiger partial charge < -0.3 is 25.3 Å². The molecule has 1 saturated heterocycles. The van der Waals surface area contributed by atoms with Gasteiger partial charge in [0, 0.05) is 35.8 Å². The van der Waals surface area contributed by atoms with E-state index in [4.69, 9.17) is 17.0 Å². The summed E-state index contributed by atoms with van der Waals surface area (Å²) in [5.41, 5.74) is 5.74. The summed E-state index contributed by atoms with van der Waals surface area (Å²) in [6.07, 6.45) is 2.19. The van der Waals surface area contributed by atoms with Crippen molar-refractivity contribution in [2.45, 2.75) is 39.3 Å². The van der Waals surface area contributed by atoms with Gasteiger partial charge >= 0.3 is 0 Å². The highest BCUT2D eigenvalue weighted by atomic mass is 32.1. The molecule has 4 rings (SSSR count). The maximum Gasteiger partial charge on any atom is 0.224 e. The molecule has 0 aliphatic carbocycles. The number of nitrogens with one attached hydrogen (secondary N) is 3. The molecular formula is C24H27N5O2S. The van der Waals surface area contributed by atoms with E-state index in [-0.39, 0.29) is 18.0 Å². The standard InChI is InChI=1S/C24H27N5O2S/c1-5-21(30)27-18-10-9-16(13-20(18)31-4)29-23(17-12-14(2)26-15(17)3)22(28-24(29)32)19-8-6-7-11-25-19/h6-13,22-23,26H,5H2,1-4H3,(H,27,30)(H,28,32)/t22-,23-/m1/s1. The van der Waals surface area contributed by atoms with Crippen molar-refractivity contribution in [1.82, 2.24) is 15.3 Å². The van der Waals surface area contributed by atoms with Crippen LogP contribution in [0.3, 0.4) is 0 Å². The van der Waals surface area contributed by atoms with Gasteiger partial charge in [-0.2, -0.15) is 0 Å². The maximum absolute atomic E-state index is 11.9. The summed E-state index contributed by atoms with van der Waals surface area (Å²) < 4.78 is 5.58. The molecule has 1 aromatic carbocycles. The van der Waals surface area contributed by atoms with Crippen LogP contribution in [0.25, 0.3) is 0 Å².